The monoisotopic (exact) mass is 205 g/mol. The van der Waals surface area contributed by atoms with Crippen molar-refractivity contribution < 1.29 is 0 Å². The van der Waals surface area contributed by atoms with E-state index in [0.717, 1.165) is 18.9 Å². The molecule has 3 heteroatoms. The summed E-state index contributed by atoms with van der Waals surface area (Å²) in [6.07, 6.45) is 1.87. The van der Waals surface area contributed by atoms with Gasteiger partial charge in [-0.2, -0.15) is 0 Å². The molecule has 1 saturated heterocycles. The van der Waals surface area contributed by atoms with Crippen molar-refractivity contribution in [1.29, 1.82) is 0 Å². The van der Waals surface area contributed by atoms with E-state index in [1.165, 1.54) is 0 Å². The SMILES string of the molecule is C[C@@H]1CN(C)[C@@H](C)CN1c1ccccn1. The number of hydrogen-bond acceptors (Lipinski definition) is 3. The van der Waals surface area contributed by atoms with Crippen molar-refractivity contribution in [1.82, 2.24) is 9.88 Å². The highest BCUT2D eigenvalue weighted by molar-refractivity contribution is 5.40. The summed E-state index contributed by atoms with van der Waals surface area (Å²) in [5, 5.41) is 0. The molecule has 1 aliphatic rings. The van der Waals surface area contributed by atoms with Gasteiger partial charge in [0.05, 0.1) is 0 Å². The third-order valence-corrected chi connectivity index (χ3v) is 3.24. The van der Waals surface area contributed by atoms with E-state index in [9.17, 15) is 0 Å². The van der Waals surface area contributed by atoms with Gasteiger partial charge >= 0.3 is 0 Å². The molecule has 3 nitrogen and oxygen atoms in total. The van der Waals surface area contributed by atoms with E-state index in [4.69, 9.17) is 0 Å². The molecule has 1 aromatic heterocycles. The highest BCUT2D eigenvalue weighted by Crippen LogP contribution is 2.19. The van der Waals surface area contributed by atoms with Crippen molar-refractivity contribution in [3.63, 3.8) is 0 Å². The highest BCUT2D eigenvalue weighted by atomic mass is 15.3. The van der Waals surface area contributed by atoms with Crippen LogP contribution >= 0.6 is 0 Å². The molecule has 0 aliphatic carbocycles. The van der Waals surface area contributed by atoms with E-state index in [1.54, 1.807) is 0 Å². The Bertz CT molecular complexity index is 312. The highest BCUT2D eigenvalue weighted by Gasteiger charge is 2.26. The number of anilines is 1. The number of rotatable bonds is 1. The summed E-state index contributed by atoms with van der Waals surface area (Å²) in [5.74, 6) is 1.10. The van der Waals surface area contributed by atoms with E-state index in [2.05, 4.69) is 47.8 Å². The molecule has 15 heavy (non-hydrogen) atoms. The van der Waals surface area contributed by atoms with Gasteiger partial charge in [0, 0.05) is 31.4 Å². The molecule has 0 bridgehead atoms. The molecular formula is C12H19N3. The molecule has 0 spiro atoms. The number of piperazine rings is 1. The smallest absolute Gasteiger partial charge is 0.128 e. The minimum absolute atomic E-state index is 0.543. The number of hydrogen-bond donors (Lipinski definition) is 0. The fraction of sp³-hybridized carbons (Fsp3) is 0.583. The van der Waals surface area contributed by atoms with Gasteiger partial charge in [-0.15, -0.1) is 0 Å². The van der Waals surface area contributed by atoms with Crippen LogP contribution in [0.5, 0.6) is 0 Å². The van der Waals surface area contributed by atoms with Gasteiger partial charge in [0.25, 0.3) is 0 Å². The third-order valence-electron chi connectivity index (χ3n) is 3.24. The van der Waals surface area contributed by atoms with Crippen LogP contribution < -0.4 is 4.90 Å². The van der Waals surface area contributed by atoms with Crippen molar-refractivity contribution in [3.8, 4) is 0 Å². The predicted molar refractivity (Wildman–Crippen MR) is 63.1 cm³/mol. The van der Waals surface area contributed by atoms with E-state index in [0.29, 0.717) is 12.1 Å². The van der Waals surface area contributed by atoms with Crippen molar-refractivity contribution in [2.75, 3.05) is 25.0 Å². The minimum atomic E-state index is 0.543. The fourth-order valence-electron chi connectivity index (χ4n) is 2.14. The lowest BCUT2D eigenvalue weighted by molar-refractivity contribution is 0.205. The van der Waals surface area contributed by atoms with Gasteiger partial charge in [-0.05, 0) is 33.0 Å². The molecular weight excluding hydrogens is 186 g/mol. The van der Waals surface area contributed by atoms with Crippen LogP contribution in [0, 0.1) is 0 Å². The molecule has 1 aliphatic heterocycles. The largest absolute Gasteiger partial charge is 0.351 e. The summed E-state index contributed by atoms with van der Waals surface area (Å²) in [6.45, 7) is 6.70. The molecule has 0 unspecified atom stereocenters. The second-order valence-electron chi connectivity index (χ2n) is 4.48. The number of nitrogens with zero attached hydrogens (tertiary/aromatic N) is 3. The fourth-order valence-corrected chi connectivity index (χ4v) is 2.14. The Balaban J connectivity index is 2.16. The van der Waals surface area contributed by atoms with Gasteiger partial charge < -0.3 is 4.90 Å². The van der Waals surface area contributed by atoms with Gasteiger partial charge in [-0.3, -0.25) is 4.90 Å². The average molecular weight is 205 g/mol. The summed E-state index contributed by atoms with van der Waals surface area (Å²) in [5.41, 5.74) is 0. The van der Waals surface area contributed by atoms with Gasteiger partial charge in [0.2, 0.25) is 0 Å². The molecule has 0 N–H and O–H groups in total. The van der Waals surface area contributed by atoms with Crippen molar-refractivity contribution in [2.45, 2.75) is 25.9 Å². The number of pyridine rings is 1. The van der Waals surface area contributed by atoms with Crippen LogP contribution in [0.3, 0.4) is 0 Å². The van der Waals surface area contributed by atoms with Crippen molar-refractivity contribution >= 4 is 5.82 Å². The zero-order chi connectivity index (χ0) is 10.8. The Labute approximate surface area is 91.7 Å². The number of likely N-dealkylation sites (N-methyl/N-ethyl adjacent to an activating group) is 1. The topological polar surface area (TPSA) is 19.4 Å². The first-order chi connectivity index (χ1) is 7.18. The molecule has 2 heterocycles. The quantitative estimate of drug-likeness (QED) is 0.694. The van der Waals surface area contributed by atoms with Gasteiger partial charge in [-0.25, -0.2) is 4.98 Å². The second kappa shape index (κ2) is 4.19. The lowest BCUT2D eigenvalue weighted by Gasteiger charge is -2.43. The summed E-state index contributed by atoms with van der Waals surface area (Å²) < 4.78 is 0. The van der Waals surface area contributed by atoms with Crippen LogP contribution in [0.1, 0.15) is 13.8 Å². The van der Waals surface area contributed by atoms with Crippen molar-refractivity contribution in [3.05, 3.63) is 24.4 Å². The Morgan fingerprint density at radius 1 is 1.20 bits per heavy atom. The van der Waals surface area contributed by atoms with Crippen LogP contribution in [-0.4, -0.2) is 42.1 Å². The van der Waals surface area contributed by atoms with Crippen molar-refractivity contribution in [2.24, 2.45) is 0 Å². The molecule has 0 saturated carbocycles. The lowest BCUT2D eigenvalue weighted by atomic mass is 10.1. The Morgan fingerprint density at radius 3 is 2.67 bits per heavy atom. The summed E-state index contributed by atoms with van der Waals surface area (Å²) in [7, 11) is 2.19. The van der Waals surface area contributed by atoms with E-state index in [-0.39, 0.29) is 0 Å². The predicted octanol–water partition coefficient (Wildman–Crippen LogP) is 1.61. The van der Waals surface area contributed by atoms with Crippen LogP contribution in [0.4, 0.5) is 5.82 Å². The second-order valence-corrected chi connectivity index (χ2v) is 4.48. The zero-order valence-electron chi connectivity index (χ0n) is 9.72. The summed E-state index contributed by atoms with van der Waals surface area (Å²) in [6, 6.07) is 7.25. The number of aromatic nitrogens is 1. The maximum absolute atomic E-state index is 4.42. The molecule has 2 rings (SSSR count). The first kappa shape index (κ1) is 10.4. The van der Waals surface area contributed by atoms with Gasteiger partial charge in [0.1, 0.15) is 5.82 Å². The lowest BCUT2D eigenvalue weighted by Crippen LogP contribution is -2.55. The van der Waals surface area contributed by atoms with Crippen LogP contribution in [-0.2, 0) is 0 Å². The molecule has 1 fully saturated rings. The molecule has 82 valence electrons. The summed E-state index contributed by atoms with van der Waals surface area (Å²) in [4.78, 5) is 9.22. The Morgan fingerprint density at radius 2 is 2.00 bits per heavy atom. The molecule has 2 atom stereocenters. The van der Waals surface area contributed by atoms with Gasteiger partial charge in [0.15, 0.2) is 0 Å². The van der Waals surface area contributed by atoms with Crippen LogP contribution in [0.2, 0.25) is 0 Å². The van der Waals surface area contributed by atoms with Gasteiger partial charge in [-0.1, -0.05) is 6.07 Å². The van der Waals surface area contributed by atoms with Crippen LogP contribution in [0.15, 0.2) is 24.4 Å². The van der Waals surface area contributed by atoms with E-state index < -0.39 is 0 Å². The standard InChI is InChI=1S/C12H19N3/c1-10-9-15(11(2)8-14(10)3)12-6-4-5-7-13-12/h4-7,10-11H,8-9H2,1-3H3/t10-,11+/m0/s1. The zero-order valence-corrected chi connectivity index (χ0v) is 9.72. The first-order valence-electron chi connectivity index (χ1n) is 5.56. The maximum Gasteiger partial charge on any atom is 0.128 e. The maximum atomic E-state index is 4.42. The first-order valence-corrected chi connectivity index (χ1v) is 5.56. The molecule has 0 radical (unpaired) electrons. The normalized spacial score (nSPS) is 28.1. The average Bonchev–Trinajstić information content (AvgIpc) is 2.25. The van der Waals surface area contributed by atoms with E-state index >= 15 is 0 Å². The van der Waals surface area contributed by atoms with Crippen LogP contribution in [0.25, 0.3) is 0 Å². The molecule has 0 aromatic carbocycles. The minimum Gasteiger partial charge on any atom is -0.351 e. The Hall–Kier alpha value is -1.09. The molecule has 1 aromatic rings. The summed E-state index contributed by atoms with van der Waals surface area (Å²) >= 11 is 0. The Kier molecular flexibility index (Phi) is 2.91. The third kappa shape index (κ3) is 2.12. The van der Waals surface area contributed by atoms with E-state index in [1.807, 2.05) is 12.3 Å². The molecule has 0 amide bonds.